The van der Waals surface area contributed by atoms with Crippen molar-refractivity contribution >= 4 is 62.7 Å². The molecule has 3 aliphatic heterocycles. The molecule has 222 valence electrons. The number of alkyl halides is 1. The van der Waals surface area contributed by atoms with E-state index in [1.54, 1.807) is 64.9 Å². The molecule has 0 radical (unpaired) electrons. The summed E-state index contributed by atoms with van der Waals surface area (Å²) < 4.78 is -0.857. The summed E-state index contributed by atoms with van der Waals surface area (Å²) in [5, 5.41) is 10.5. The van der Waals surface area contributed by atoms with Crippen LogP contribution in [0.2, 0.25) is 5.02 Å². The molecule has 7 nitrogen and oxygen atoms in total. The molecule has 0 saturated carbocycles. The Morgan fingerprint density at radius 1 is 1.14 bits per heavy atom. The maximum Gasteiger partial charge on any atom is 0.251 e. The largest absolute Gasteiger partial charge is 0.394 e. The van der Waals surface area contributed by atoms with Crippen molar-refractivity contribution in [3.05, 3.63) is 90.5 Å². The second kappa shape index (κ2) is 12.6. The molecule has 5 rings (SSSR count). The lowest BCUT2D eigenvalue weighted by Crippen LogP contribution is -2.57. The lowest BCUT2D eigenvalue weighted by Gasteiger charge is -2.39. The van der Waals surface area contributed by atoms with Gasteiger partial charge < -0.3 is 19.8 Å². The lowest BCUT2D eigenvalue weighted by atomic mass is 9.70. The Labute approximate surface area is 264 Å². The highest BCUT2D eigenvalue weighted by atomic mass is 79.9. The van der Waals surface area contributed by atoms with Gasteiger partial charge in [0.1, 0.15) is 6.04 Å². The highest BCUT2D eigenvalue weighted by Crippen LogP contribution is 2.68. The molecule has 1 N–H and O–H groups in total. The zero-order valence-corrected chi connectivity index (χ0v) is 26.6. The van der Waals surface area contributed by atoms with Gasteiger partial charge in [-0.2, -0.15) is 0 Å². The fourth-order valence-corrected chi connectivity index (χ4v) is 10.7. The molecule has 42 heavy (non-hydrogen) atoms. The van der Waals surface area contributed by atoms with Crippen molar-refractivity contribution in [2.75, 3.05) is 24.6 Å². The molecule has 2 bridgehead atoms. The summed E-state index contributed by atoms with van der Waals surface area (Å²) >= 11 is 12.0. The molecule has 3 aliphatic rings. The highest BCUT2D eigenvalue weighted by Gasteiger charge is 2.76. The summed E-state index contributed by atoms with van der Waals surface area (Å²) in [6.07, 6.45) is 3.86. The van der Waals surface area contributed by atoms with Gasteiger partial charge in [-0.3, -0.25) is 14.4 Å². The normalized spacial score (nSPS) is 28.3. The Morgan fingerprint density at radius 3 is 2.45 bits per heavy atom. The first-order valence-electron chi connectivity index (χ1n) is 14.1. The van der Waals surface area contributed by atoms with Crippen molar-refractivity contribution in [2.24, 2.45) is 11.8 Å². The molecule has 1 spiro atoms. The first-order valence-corrected chi connectivity index (χ1v) is 16.2. The monoisotopic (exact) mass is 671 g/mol. The van der Waals surface area contributed by atoms with E-state index in [4.69, 9.17) is 11.6 Å². The van der Waals surface area contributed by atoms with Gasteiger partial charge in [0.2, 0.25) is 11.8 Å². The van der Waals surface area contributed by atoms with Crippen molar-refractivity contribution in [3.63, 3.8) is 0 Å². The summed E-state index contributed by atoms with van der Waals surface area (Å²) in [4.78, 5) is 48.2. The second-order valence-electron chi connectivity index (χ2n) is 11.1. The number of rotatable bonds is 11. The number of amides is 3. The topological polar surface area (TPSA) is 81.2 Å². The van der Waals surface area contributed by atoms with Gasteiger partial charge in [0.05, 0.1) is 39.9 Å². The van der Waals surface area contributed by atoms with Gasteiger partial charge in [-0.05, 0) is 31.0 Å². The van der Waals surface area contributed by atoms with E-state index in [2.05, 4.69) is 29.1 Å². The predicted octanol–water partition coefficient (Wildman–Crippen LogP) is 4.92. The fourth-order valence-electron chi connectivity index (χ4n) is 6.85. The predicted molar refractivity (Wildman–Crippen MR) is 172 cm³/mol. The summed E-state index contributed by atoms with van der Waals surface area (Å²) in [5.74, 6) is -2.04. The molecular weight excluding hydrogens is 638 g/mol. The van der Waals surface area contributed by atoms with Crippen molar-refractivity contribution in [1.82, 2.24) is 9.80 Å². The van der Waals surface area contributed by atoms with E-state index >= 15 is 0 Å². The van der Waals surface area contributed by atoms with Gasteiger partial charge in [0.15, 0.2) is 0 Å². The number of carbonyl (C=O) groups excluding carboxylic acids is 3. The standard InChI is InChI=1S/C32H35BrClN3O4S/c1-4-15-35(18-21-11-7-6-8-12-21)29(39)25-26-30(40)37(20(3)19-38)28(32(26)17-22(33)27(25)42-32)31(41)36(16-5-2)24-14-10-9-13-23(24)34/h4-14,20,22,25-28,38H,1-2,15-19H2,3H3/t20-,22?,25-,26+,27-,28?,32?/m1/s1. The second-order valence-corrected chi connectivity index (χ2v) is 14.2. The third kappa shape index (κ3) is 5.12. The molecule has 3 fully saturated rings. The molecule has 3 amide bonds. The highest BCUT2D eigenvalue weighted by molar-refractivity contribution is 9.09. The Morgan fingerprint density at radius 2 is 1.81 bits per heavy atom. The number of fused-ring (bicyclic) bond motifs is 1. The summed E-state index contributed by atoms with van der Waals surface area (Å²) in [7, 11) is 0. The number of benzene rings is 2. The Hall–Kier alpha value is -2.59. The molecule has 3 saturated heterocycles. The number of aliphatic hydroxyl groups is 1. The zero-order valence-electron chi connectivity index (χ0n) is 23.4. The maximum absolute atomic E-state index is 14.7. The van der Waals surface area contributed by atoms with Crippen molar-refractivity contribution < 1.29 is 19.5 Å². The molecular formula is C32H35BrClN3O4S. The number of anilines is 1. The molecule has 3 heterocycles. The van der Waals surface area contributed by atoms with Crippen LogP contribution in [0.3, 0.4) is 0 Å². The number of thioether (sulfide) groups is 1. The van der Waals surface area contributed by atoms with Crippen LogP contribution < -0.4 is 4.90 Å². The Balaban J connectivity index is 1.57. The SMILES string of the molecule is C=CCN(Cc1ccccc1)C(=O)[C@H]1[C@@H]2SC3(CC2Br)C(C(=O)N(CC=C)c2ccccc2Cl)N([C@H](C)CO)C(=O)[C@H]13. The van der Waals surface area contributed by atoms with Crippen LogP contribution in [-0.4, -0.2) is 79.2 Å². The molecule has 10 heteroatoms. The van der Waals surface area contributed by atoms with Crippen LogP contribution in [0, 0.1) is 11.8 Å². The third-order valence-corrected chi connectivity index (χ3v) is 12.1. The number of carbonyl (C=O) groups is 3. The maximum atomic E-state index is 14.7. The molecule has 3 unspecified atom stereocenters. The molecule has 0 aromatic heterocycles. The summed E-state index contributed by atoms with van der Waals surface area (Å²) in [6, 6.07) is 15.3. The van der Waals surface area contributed by atoms with Crippen LogP contribution in [-0.2, 0) is 20.9 Å². The first-order chi connectivity index (χ1) is 20.2. The van der Waals surface area contributed by atoms with Gasteiger partial charge in [-0.15, -0.1) is 24.9 Å². The van der Waals surface area contributed by atoms with Gasteiger partial charge in [0, 0.05) is 29.7 Å². The number of nitrogens with zero attached hydrogens (tertiary/aromatic N) is 3. The van der Waals surface area contributed by atoms with Crippen molar-refractivity contribution in [2.45, 2.75) is 46.8 Å². The minimum absolute atomic E-state index is 0.0735. The van der Waals surface area contributed by atoms with Gasteiger partial charge in [-0.1, -0.05) is 82.1 Å². The van der Waals surface area contributed by atoms with Crippen molar-refractivity contribution in [3.8, 4) is 0 Å². The number of para-hydroxylation sites is 1. The van der Waals surface area contributed by atoms with Gasteiger partial charge >= 0.3 is 0 Å². The fraction of sp³-hybridized carbons (Fsp3) is 0.406. The van der Waals surface area contributed by atoms with Crippen LogP contribution >= 0.6 is 39.3 Å². The van der Waals surface area contributed by atoms with E-state index in [1.165, 1.54) is 4.90 Å². The summed E-state index contributed by atoms with van der Waals surface area (Å²) in [5.41, 5.74) is 1.50. The zero-order chi connectivity index (χ0) is 30.2. The molecule has 2 aromatic rings. The van der Waals surface area contributed by atoms with E-state index in [-0.39, 0.29) is 41.0 Å². The van der Waals surface area contributed by atoms with E-state index in [1.807, 2.05) is 30.3 Å². The van der Waals surface area contributed by atoms with Crippen molar-refractivity contribution in [1.29, 1.82) is 0 Å². The average Bonchev–Trinajstić information content (AvgIpc) is 3.59. The number of likely N-dealkylation sites (tertiary alicyclic amines) is 1. The third-order valence-electron chi connectivity index (χ3n) is 8.58. The van der Waals surface area contributed by atoms with Gasteiger partial charge in [-0.25, -0.2) is 0 Å². The Kier molecular flexibility index (Phi) is 9.23. The first kappa shape index (κ1) is 30.9. The van der Waals surface area contributed by atoms with Crippen LogP contribution in [0.4, 0.5) is 5.69 Å². The van der Waals surface area contributed by atoms with E-state index in [0.717, 1.165) is 5.56 Å². The lowest BCUT2D eigenvalue weighted by molar-refractivity contribution is -0.145. The Bertz CT molecular complexity index is 1380. The van der Waals surface area contributed by atoms with Crippen LogP contribution in [0.1, 0.15) is 18.9 Å². The van der Waals surface area contributed by atoms with E-state index < -0.39 is 28.7 Å². The van der Waals surface area contributed by atoms with Gasteiger partial charge in [0.25, 0.3) is 5.91 Å². The van der Waals surface area contributed by atoms with Crippen LogP contribution in [0.15, 0.2) is 79.9 Å². The molecule has 0 aliphatic carbocycles. The van der Waals surface area contributed by atoms with Crippen LogP contribution in [0.25, 0.3) is 0 Å². The van der Waals surface area contributed by atoms with E-state index in [9.17, 15) is 19.5 Å². The molecule has 7 atom stereocenters. The number of hydrogen-bond donors (Lipinski definition) is 1. The number of hydrogen-bond acceptors (Lipinski definition) is 5. The number of aliphatic hydroxyl groups excluding tert-OH is 1. The smallest absolute Gasteiger partial charge is 0.251 e. The number of halogens is 2. The minimum Gasteiger partial charge on any atom is -0.394 e. The quantitative estimate of drug-likeness (QED) is 0.271. The molecule has 2 aromatic carbocycles. The van der Waals surface area contributed by atoms with Crippen LogP contribution in [0.5, 0.6) is 0 Å². The minimum atomic E-state index is -0.900. The average molecular weight is 673 g/mol. The van der Waals surface area contributed by atoms with E-state index in [0.29, 0.717) is 30.2 Å². The summed E-state index contributed by atoms with van der Waals surface area (Å²) in [6.45, 7) is 10.1.